The summed E-state index contributed by atoms with van der Waals surface area (Å²) in [7, 11) is -12.2. The fraction of sp³-hybridized carbons (Fsp3) is 0.333. The van der Waals surface area contributed by atoms with E-state index in [1.165, 1.54) is 18.3 Å². The lowest BCUT2D eigenvalue weighted by Crippen LogP contribution is -3.59. The standard InChI is InChI=1S/2C11H12Cl2I.2CHF3O3S/c2*1-3-8(2)7-14-11-5-9(12)4-10(13)6-11;2*2-1(3,4)8(5,6)7/h2*4-7H,3H2,1-2H3;2*(H,5,6,7)/q2*+1;;/p-2/b2*8-7-;;. The van der Waals surface area contributed by atoms with Gasteiger partial charge in [0.25, 0.3) is 0 Å². The Kier molecular flexibility index (Phi) is 22.0. The van der Waals surface area contributed by atoms with Crippen LogP contribution in [0.5, 0.6) is 0 Å². The highest BCUT2D eigenvalue weighted by Crippen LogP contribution is 2.21. The summed E-state index contributed by atoms with van der Waals surface area (Å²) in [5.74, 6) is 0. The highest BCUT2D eigenvalue weighted by molar-refractivity contribution is 7.86. The van der Waals surface area contributed by atoms with Gasteiger partial charge in [-0.25, -0.2) is 16.8 Å². The van der Waals surface area contributed by atoms with E-state index in [1.54, 1.807) is 12.1 Å². The molecule has 0 aromatic heterocycles. The Balaban J connectivity index is 0. The molecule has 2 rings (SSSR count). The van der Waals surface area contributed by atoms with Gasteiger partial charge in [-0.1, -0.05) is 60.3 Å². The van der Waals surface area contributed by atoms with E-state index >= 15 is 0 Å². The molecule has 252 valence electrons. The number of halogens is 12. The van der Waals surface area contributed by atoms with Gasteiger partial charge in [0.15, 0.2) is 35.5 Å². The molecule has 6 nitrogen and oxygen atoms in total. The maximum absolute atomic E-state index is 10.7. The summed E-state index contributed by atoms with van der Waals surface area (Å²) in [4.78, 5) is 0. The lowest BCUT2D eigenvalue weighted by molar-refractivity contribution is -0.558. The van der Waals surface area contributed by atoms with Crippen LogP contribution >= 0.6 is 46.4 Å². The van der Waals surface area contributed by atoms with Crippen LogP contribution in [0.15, 0.2) is 55.7 Å². The summed E-state index contributed by atoms with van der Waals surface area (Å²) < 4.78 is 125. The molecule has 0 atom stereocenters. The van der Waals surface area contributed by atoms with E-state index in [0.29, 0.717) is 0 Å². The molecule has 0 N–H and O–H groups in total. The van der Waals surface area contributed by atoms with Crippen molar-refractivity contribution in [3.8, 4) is 0 Å². The zero-order valence-electron chi connectivity index (χ0n) is 22.8. The molecule has 0 aliphatic heterocycles. The first-order valence-corrected chi connectivity index (χ1v) is 20.3. The van der Waals surface area contributed by atoms with E-state index in [0.717, 1.165) is 32.9 Å². The maximum Gasteiger partial charge on any atom is 0.485 e. The van der Waals surface area contributed by atoms with Crippen LogP contribution in [0.1, 0.15) is 40.5 Å². The highest BCUT2D eigenvalue weighted by Gasteiger charge is 2.37. The molecule has 0 amide bonds. The average Bonchev–Trinajstić information content (AvgIpc) is 2.83. The summed E-state index contributed by atoms with van der Waals surface area (Å²) in [6, 6.07) is 11.5. The molecule has 0 aliphatic rings. The predicted molar refractivity (Wildman–Crippen MR) is 150 cm³/mol. The second kappa shape index (κ2) is 21.0. The number of hydrogen-bond donors (Lipinski definition) is 0. The third-order valence-corrected chi connectivity index (χ3v) is 11.5. The predicted octanol–water partition coefficient (Wildman–Crippen LogP) is 3.23. The van der Waals surface area contributed by atoms with Gasteiger partial charge in [-0.05, 0) is 50.0 Å². The van der Waals surface area contributed by atoms with Crippen molar-refractivity contribution in [1.82, 2.24) is 0 Å². The monoisotopic (exact) mass is 980 g/mol. The van der Waals surface area contributed by atoms with E-state index in [2.05, 4.69) is 35.9 Å². The second-order valence-electron chi connectivity index (χ2n) is 7.81. The quantitative estimate of drug-likeness (QED) is 0.190. The third-order valence-electron chi connectivity index (χ3n) is 4.07. The summed E-state index contributed by atoms with van der Waals surface area (Å²) >= 11 is 23.5. The summed E-state index contributed by atoms with van der Waals surface area (Å²) in [5, 5.41) is 2.93. The molecule has 0 aliphatic carbocycles. The number of benzene rings is 2. The molecule has 0 spiro atoms. The van der Waals surface area contributed by atoms with Gasteiger partial charge in [0.05, 0.1) is 0 Å². The normalized spacial score (nSPS) is 12.6. The fourth-order valence-corrected chi connectivity index (χ4v) is 8.15. The number of allylic oxidation sites excluding steroid dienone is 2. The van der Waals surface area contributed by atoms with Gasteiger partial charge in [-0.15, -0.1) is 0 Å². The van der Waals surface area contributed by atoms with Gasteiger partial charge in [-0.2, -0.15) is 26.3 Å². The van der Waals surface area contributed by atoms with Crippen LogP contribution in [0.25, 0.3) is 0 Å². The number of alkyl halides is 6. The topological polar surface area (TPSA) is 114 Å². The van der Waals surface area contributed by atoms with Gasteiger partial charge in [0.1, 0.15) is 0 Å². The molecule has 2 aromatic carbocycles. The van der Waals surface area contributed by atoms with Crippen LogP contribution in [0.2, 0.25) is 20.1 Å². The molecule has 0 saturated heterocycles. The second-order valence-corrected chi connectivity index (χ2v) is 17.3. The Bertz CT molecular complexity index is 1330. The Morgan fingerprint density at radius 1 is 0.636 bits per heavy atom. The Labute approximate surface area is 293 Å². The van der Waals surface area contributed by atoms with Gasteiger partial charge in [-0.3, -0.25) is 0 Å². The van der Waals surface area contributed by atoms with Crippen LogP contribution in [-0.2, 0) is 20.2 Å². The zero-order chi connectivity index (χ0) is 35.1. The largest absolute Gasteiger partial charge is 0.741 e. The molecule has 20 heteroatoms. The lowest BCUT2D eigenvalue weighted by atomic mass is 10.3. The smallest absolute Gasteiger partial charge is 0.485 e. The van der Waals surface area contributed by atoms with Crippen LogP contribution in [-0.4, -0.2) is 37.0 Å². The van der Waals surface area contributed by atoms with Crippen molar-refractivity contribution in [2.24, 2.45) is 0 Å². The van der Waals surface area contributed by atoms with Crippen LogP contribution in [0.4, 0.5) is 26.3 Å². The molecule has 0 fully saturated rings. The van der Waals surface area contributed by atoms with Gasteiger partial charge < -0.3 is 9.11 Å². The first kappa shape index (κ1) is 46.1. The Hall–Kier alpha value is -0.0600. The van der Waals surface area contributed by atoms with Crippen molar-refractivity contribution < 1.29 is 94.7 Å². The van der Waals surface area contributed by atoms with Gasteiger partial charge in [0.2, 0.25) is 0 Å². The molecular formula is C24H24Cl4F6I2O6S2. The summed E-state index contributed by atoms with van der Waals surface area (Å²) in [6.07, 6.45) is 2.24. The molecule has 0 saturated carbocycles. The Morgan fingerprint density at radius 3 is 1.00 bits per heavy atom. The molecular weight excluding hydrogens is 958 g/mol. The first-order valence-electron chi connectivity index (χ1n) is 11.3. The van der Waals surface area contributed by atoms with E-state index in [4.69, 9.17) is 72.3 Å². The van der Waals surface area contributed by atoms with E-state index < -0.39 is 31.3 Å². The average molecular weight is 982 g/mol. The van der Waals surface area contributed by atoms with E-state index in [9.17, 15) is 26.3 Å². The highest BCUT2D eigenvalue weighted by atomic mass is 127. The SMILES string of the molecule is CC/C(C)=C\[I+]c1cc(Cl)cc(Cl)c1.CC/C(C)=C\[I+]c1cc(Cl)cc(Cl)c1.O=S(=O)([O-])C(F)(F)F.O=S(=O)([O-])C(F)(F)F. The van der Waals surface area contributed by atoms with E-state index in [-0.39, 0.29) is 42.4 Å². The minimum absolute atomic E-state index is 0.0843. The number of rotatable bonds is 6. The van der Waals surface area contributed by atoms with Crippen molar-refractivity contribution in [2.45, 2.75) is 51.6 Å². The summed E-state index contributed by atoms with van der Waals surface area (Å²) in [5.41, 5.74) is -8.41. The molecule has 44 heavy (non-hydrogen) atoms. The Morgan fingerprint density at radius 2 is 0.841 bits per heavy atom. The maximum atomic E-state index is 10.7. The van der Waals surface area contributed by atoms with Crippen molar-refractivity contribution in [3.63, 3.8) is 0 Å². The first-order chi connectivity index (χ1) is 19.7. The van der Waals surface area contributed by atoms with Gasteiger partial charge >= 0.3 is 53.4 Å². The van der Waals surface area contributed by atoms with Crippen molar-refractivity contribution >= 4 is 66.6 Å². The van der Waals surface area contributed by atoms with Crippen molar-refractivity contribution in [1.29, 1.82) is 0 Å². The van der Waals surface area contributed by atoms with Crippen molar-refractivity contribution in [3.05, 3.63) is 82.9 Å². The zero-order valence-corrected chi connectivity index (χ0v) is 31.8. The van der Waals surface area contributed by atoms with Gasteiger partial charge in [0, 0.05) is 44.4 Å². The molecule has 0 unspecified atom stereocenters. The molecule has 0 bridgehead atoms. The van der Waals surface area contributed by atoms with Crippen LogP contribution < -0.4 is 42.4 Å². The van der Waals surface area contributed by atoms with Crippen molar-refractivity contribution in [2.75, 3.05) is 0 Å². The lowest BCUT2D eigenvalue weighted by Gasteiger charge is -2.08. The summed E-state index contributed by atoms with van der Waals surface area (Å²) in [6.45, 7) is 8.65. The van der Waals surface area contributed by atoms with Crippen LogP contribution in [0.3, 0.4) is 0 Å². The molecule has 0 heterocycles. The third kappa shape index (κ3) is 22.5. The minimum Gasteiger partial charge on any atom is -0.741 e. The fourth-order valence-electron chi connectivity index (χ4n) is 1.63. The molecule has 0 radical (unpaired) electrons. The minimum atomic E-state index is -6.09. The van der Waals surface area contributed by atoms with E-state index in [1.807, 2.05) is 24.3 Å². The number of hydrogen-bond acceptors (Lipinski definition) is 6. The van der Waals surface area contributed by atoms with Crippen LogP contribution in [0, 0.1) is 7.14 Å². The molecule has 2 aromatic rings.